The fourth-order valence-corrected chi connectivity index (χ4v) is 5.85. The smallest absolute Gasteiger partial charge is 0.339 e. The maximum atomic E-state index is 12.9. The van der Waals surface area contributed by atoms with E-state index in [4.69, 9.17) is 14.5 Å². The number of hydrogen-bond donors (Lipinski definition) is 0. The lowest BCUT2D eigenvalue weighted by molar-refractivity contribution is -0.168. The average Bonchev–Trinajstić information content (AvgIpc) is 2.77. The molecule has 0 aliphatic heterocycles. The molecule has 0 bridgehead atoms. The zero-order valence-corrected chi connectivity index (χ0v) is 19.3. The van der Waals surface area contributed by atoms with Gasteiger partial charge in [-0.3, -0.25) is 0 Å². The van der Waals surface area contributed by atoms with Crippen molar-refractivity contribution in [2.75, 3.05) is 24.9 Å². The van der Waals surface area contributed by atoms with Crippen molar-refractivity contribution >= 4 is 37.2 Å². The first kappa shape index (κ1) is 22.7. The number of ether oxygens (including phenoxy) is 2. The lowest BCUT2D eigenvalue weighted by Crippen LogP contribution is -2.47. The molecule has 0 fully saturated rings. The molecule has 1 heterocycles. The van der Waals surface area contributed by atoms with E-state index < -0.39 is 5.60 Å². The highest BCUT2D eigenvalue weighted by Crippen LogP contribution is 2.33. The summed E-state index contributed by atoms with van der Waals surface area (Å²) in [4.78, 5) is 17.6. The van der Waals surface area contributed by atoms with E-state index in [1.165, 1.54) is 0 Å². The number of nitrogens with zero attached hydrogens (tertiary/aromatic N) is 1. The lowest BCUT2D eigenvalue weighted by atomic mass is 9.96. The largest absolute Gasteiger partial charge is 0.464 e. The molecule has 0 saturated heterocycles. The van der Waals surface area contributed by atoms with Gasteiger partial charge in [0.1, 0.15) is 0 Å². The monoisotopic (exact) mass is 441 g/mol. The molecule has 2 aromatic carbocycles. The van der Waals surface area contributed by atoms with Gasteiger partial charge in [0.2, 0.25) is 0 Å². The lowest BCUT2D eigenvalue weighted by Gasteiger charge is -2.31. The second-order valence-electron chi connectivity index (χ2n) is 6.87. The van der Waals surface area contributed by atoms with E-state index in [0.29, 0.717) is 34.4 Å². The number of pyridine rings is 1. The van der Waals surface area contributed by atoms with Crippen molar-refractivity contribution in [3.63, 3.8) is 0 Å². The van der Waals surface area contributed by atoms with Crippen molar-refractivity contribution in [3.05, 3.63) is 72.3 Å². The predicted octanol–water partition coefficient (Wildman–Crippen LogP) is 5.54. The molecule has 3 aromatic rings. The fraction of sp³-hybridized carbons (Fsp3) is 0.333. The second-order valence-corrected chi connectivity index (χ2v) is 9.58. The van der Waals surface area contributed by atoms with Crippen molar-refractivity contribution in [1.82, 2.24) is 4.98 Å². The molecule has 3 rings (SSSR count). The molecular formula is C24H28NO3PS. The number of rotatable bonds is 11. The Morgan fingerprint density at radius 3 is 2.53 bits per heavy atom. The van der Waals surface area contributed by atoms with Crippen LogP contribution in [0.1, 0.15) is 19.4 Å². The fourth-order valence-electron chi connectivity index (χ4n) is 3.34. The van der Waals surface area contributed by atoms with Crippen molar-refractivity contribution in [2.24, 2.45) is 0 Å². The highest BCUT2D eigenvalue weighted by Gasteiger charge is 2.40. The minimum Gasteiger partial charge on any atom is -0.464 e. The van der Waals surface area contributed by atoms with Gasteiger partial charge in [0, 0.05) is 30.1 Å². The first-order valence-corrected chi connectivity index (χ1v) is 12.6. The first-order valence-electron chi connectivity index (χ1n) is 10.2. The molecule has 0 N–H and O–H groups in total. The quantitative estimate of drug-likeness (QED) is 0.169. The SMILES string of the molecule is CCOC(=O)C(CPCSc1ccc2ccccc2n1)(Cc1ccccc1)OCC. The number of benzene rings is 2. The van der Waals surface area contributed by atoms with Crippen LogP contribution in [0, 0.1) is 0 Å². The number of aromatic nitrogens is 1. The van der Waals surface area contributed by atoms with E-state index in [0.717, 1.165) is 27.0 Å². The summed E-state index contributed by atoms with van der Waals surface area (Å²) in [6.45, 7) is 4.58. The number of thioether (sulfide) groups is 1. The van der Waals surface area contributed by atoms with Gasteiger partial charge < -0.3 is 9.47 Å². The molecule has 30 heavy (non-hydrogen) atoms. The molecule has 0 aliphatic rings. The van der Waals surface area contributed by atoms with Gasteiger partial charge in [-0.15, -0.1) is 20.3 Å². The Morgan fingerprint density at radius 1 is 1.00 bits per heavy atom. The van der Waals surface area contributed by atoms with Crippen LogP contribution in [-0.4, -0.2) is 41.4 Å². The molecule has 2 atom stereocenters. The van der Waals surface area contributed by atoms with Gasteiger partial charge in [-0.25, -0.2) is 9.78 Å². The number of carbonyl (C=O) groups is 1. The Bertz CT molecular complexity index is 953. The van der Waals surface area contributed by atoms with Crippen LogP contribution in [-0.2, 0) is 20.7 Å². The van der Waals surface area contributed by atoms with Crippen LogP contribution in [0.5, 0.6) is 0 Å². The van der Waals surface area contributed by atoms with Gasteiger partial charge in [0.05, 0.1) is 17.1 Å². The van der Waals surface area contributed by atoms with Gasteiger partial charge in [0.15, 0.2) is 5.60 Å². The maximum Gasteiger partial charge on any atom is 0.339 e. The first-order chi connectivity index (χ1) is 14.7. The minimum atomic E-state index is -0.943. The molecule has 6 heteroatoms. The molecule has 1 aromatic heterocycles. The van der Waals surface area contributed by atoms with Crippen LogP contribution in [0.3, 0.4) is 0 Å². The molecule has 2 unspecified atom stereocenters. The van der Waals surface area contributed by atoms with E-state index in [-0.39, 0.29) is 5.97 Å². The number of para-hydroxylation sites is 1. The Labute approximate surface area is 184 Å². The van der Waals surface area contributed by atoms with Crippen LogP contribution in [0.25, 0.3) is 10.9 Å². The van der Waals surface area contributed by atoms with Crippen LogP contribution < -0.4 is 0 Å². The van der Waals surface area contributed by atoms with Crippen LogP contribution in [0.15, 0.2) is 71.8 Å². The van der Waals surface area contributed by atoms with Crippen LogP contribution in [0.4, 0.5) is 0 Å². The molecule has 0 radical (unpaired) electrons. The Kier molecular flexibility index (Phi) is 8.68. The number of carbonyl (C=O) groups excluding carboxylic acids is 1. The number of esters is 1. The molecule has 0 amide bonds. The highest BCUT2D eigenvalue weighted by molar-refractivity contribution is 8.03. The topological polar surface area (TPSA) is 48.4 Å². The summed E-state index contributed by atoms with van der Waals surface area (Å²) in [5.74, 6) is -0.267. The van der Waals surface area contributed by atoms with Gasteiger partial charge in [-0.1, -0.05) is 54.6 Å². The summed E-state index contributed by atoms with van der Waals surface area (Å²) >= 11 is 1.72. The third-order valence-electron chi connectivity index (χ3n) is 4.71. The Balaban J connectivity index is 1.67. The van der Waals surface area contributed by atoms with Crippen LogP contribution in [0.2, 0.25) is 0 Å². The van der Waals surface area contributed by atoms with E-state index in [9.17, 15) is 4.79 Å². The van der Waals surface area contributed by atoms with E-state index in [1.54, 1.807) is 11.8 Å². The summed E-state index contributed by atoms with van der Waals surface area (Å²) < 4.78 is 11.5. The molecule has 0 saturated carbocycles. The van der Waals surface area contributed by atoms with Gasteiger partial charge >= 0.3 is 5.97 Å². The molecule has 158 valence electrons. The molecule has 4 nitrogen and oxygen atoms in total. The molecular weight excluding hydrogens is 413 g/mol. The summed E-state index contributed by atoms with van der Waals surface area (Å²) in [5, 5.41) is 2.15. The third kappa shape index (κ3) is 6.04. The zero-order chi connectivity index (χ0) is 21.2. The third-order valence-corrected chi connectivity index (χ3v) is 7.44. The summed E-state index contributed by atoms with van der Waals surface area (Å²) in [6, 6.07) is 22.3. The zero-order valence-electron chi connectivity index (χ0n) is 17.5. The van der Waals surface area contributed by atoms with Gasteiger partial charge in [0.25, 0.3) is 0 Å². The maximum absolute atomic E-state index is 12.9. The van der Waals surface area contributed by atoms with E-state index in [2.05, 4.69) is 18.2 Å². The van der Waals surface area contributed by atoms with E-state index >= 15 is 0 Å². The molecule has 0 spiro atoms. The summed E-state index contributed by atoms with van der Waals surface area (Å²) in [7, 11) is 0.542. The Morgan fingerprint density at radius 2 is 1.77 bits per heavy atom. The van der Waals surface area contributed by atoms with Gasteiger partial charge in [-0.05, 0) is 31.5 Å². The number of hydrogen-bond acceptors (Lipinski definition) is 5. The summed E-state index contributed by atoms with van der Waals surface area (Å²) in [6.07, 6.45) is 1.15. The number of fused-ring (bicyclic) bond motifs is 1. The second kappa shape index (κ2) is 11.5. The predicted molar refractivity (Wildman–Crippen MR) is 127 cm³/mol. The summed E-state index contributed by atoms with van der Waals surface area (Å²) in [5.41, 5.74) is 2.02. The Hall–Kier alpha value is -1.94. The van der Waals surface area contributed by atoms with Crippen molar-refractivity contribution in [1.29, 1.82) is 0 Å². The standard InChI is InChI=1S/C24H28NO3PS/c1-3-27-23(26)24(28-4-2,16-19-10-6-5-7-11-19)17-29-18-30-22-15-14-20-12-8-9-13-21(20)25-22/h5-15,29H,3-4,16-18H2,1-2H3. The van der Waals surface area contributed by atoms with E-state index in [1.807, 2.05) is 62.4 Å². The van der Waals surface area contributed by atoms with Crippen molar-refractivity contribution in [3.8, 4) is 0 Å². The van der Waals surface area contributed by atoms with Crippen LogP contribution >= 0.6 is 20.3 Å². The minimum absolute atomic E-state index is 0.267. The van der Waals surface area contributed by atoms with Crippen molar-refractivity contribution in [2.45, 2.75) is 30.9 Å². The average molecular weight is 442 g/mol. The molecule has 0 aliphatic carbocycles. The van der Waals surface area contributed by atoms with Crippen molar-refractivity contribution < 1.29 is 14.3 Å². The highest BCUT2D eigenvalue weighted by atomic mass is 32.2. The normalized spacial score (nSPS) is 13.5. The van der Waals surface area contributed by atoms with Gasteiger partial charge in [-0.2, -0.15) is 0 Å².